The second-order valence-corrected chi connectivity index (χ2v) is 8.18. The number of ether oxygens (including phenoxy) is 1. The van der Waals surface area contributed by atoms with Crippen molar-refractivity contribution in [1.82, 2.24) is 9.88 Å². The topological polar surface area (TPSA) is 79.7 Å². The molecule has 138 valence electrons. The highest BCUT2D eigenvalue weighted by Crippen LogP contribution is 2.41. The first-order valence-corrected chi connectivity index (χ1v) is 9.90. The fourth-order valence-corrected chi connectivity index (χ4v) is 4.82. The monoisotopic (exact) mass is 392 g/mol. The van der Waals surface area contributed by atoms with E-state index >= 15 is 0 Å². The van der Waals surface area contributed by atoms with Gasteiger partial charge in [0.15, 0.2) is 5.76 Å². The van der Waals surface area contributed by atoms with E-state index in [0.29, 0.717) is 30.1 Å². The molecule has 0 saturated carbocycles. The van der Waals surface area contributed by atoms with Crippen molar-refractivity contribution in [3.8, 4) is 0 Å². The van der Waals surface area contributed by atoms with E-state index in [1.165, 1.54) is 22.7 Å². The van der Waals surface area contributed by atoms with Gasteiger partial charge < -0.3 is 14.7 Å². The number of nitrogens with zero attached hydrogens (tertiary/aromatic N) is 2. The van der Waals surface area contributed by atoms with E-state index in [9.17, 15) is 14.7 Å². The molecule has 0 bridgehead atoms. The molecule has 1 unspecified atom stereocenters. The number of ketones is 1. The van der Waals surface area contributed by atoms with Gasteiger partial charge in [0, 0.05) is 25.1 Å². The summed E-state index contributed by atoms with van der Waals surface area (Å²) in [4.78, 5) is 33.0. The number of aliphatic hydroxyl groups is 1. The Hall–Kier alpha value is -2.03. The predicted molar refractivity (Wildman–Crippen MR) is 101 cm³/mol. The Morgan fingerprint density at radius 3 is 2.77 bits per heavy atom. The molecule has 1 aliphatic rings. The molecule has 3 heterocycles. The lowest BCUT2D eigenvalue weighted by atomic mass is 10.0. The number of rotatable bonds is 7. The Kier molecular flexibility index (Phi) is 5.55. The average Bonchev–Trinajstić information content (AvgIpc) is 3.29. The zero-order valence-electron chi connectivity index (χ0n) is 14.8. The molecule has 0 radical (unpaired) electrons. The minimum absolute atomic E-state index is 0.140. The molecule has 1 amide bonds. The molecule has 2 aromatic rings. The molecule has 26 heavy (non-hydrogen) atoms. The van der Waals surface area contributed by atoms with E-state index in [4.69, 9.17) is 4.74 Å². The number of aromatic nitrogens is 1. The van der Waals surface area contributed by atoms with Gasteiger partial charge >= 0.3 is 0 Å². The summed E-state index contributed by atoms with van der Waals surface area (Å²) in [5.74, 6) is -1.30. The number of carbonyl (C=O) groups excluding carboxylic acids is 2. The normalized spacial score (nSPS) is 17.4. The van der Waals surface area contributed by atoms with Crippen molar-refractivity contribution in [1.29, 1.82) is 0 Å². The average molecular weight is 393 g/mol. The minimum Gasteiger partial charge on any atom is -0.503 e. The van der Waals surface area contributed by atoms with E-state index in [-0.39, 0.29) is 11.4 Å². The number of hydrogen-bond donors (Lipinski definition) is 1. The van der Waals surface area contributed by atoms with Crippen molar-refractivity contribution >= 4 is 34.4 Å². The number of methoxy groups -OCH3 is 1. The van der Waals surface area contributed by atoms with E-state index in [1.54, 1.807) is 18.9 Å². The molecule has 0 saturated heterocycles. The number of amides is 1. The van der Waals surface area contributed by atoms with Crippen LogP contribution in [0.4, 0.5) is 0 Å². The van der Waals surface area contributed by atoms with Gasteiger partial charge in [-0.1, -0.05) is 6.07 Å². The molecular formula is C18H20N2O4S2. The highest BCUT2D eigenvalue weighted by molar-refractivity contribution is 7.14. The number of Topliss-reactive ketones (excluding diaryl/α,β-unsaturated/α-hetero) is 1. The van der Waals surface area contributed by atoms with Gasteiger partial charge in [0.25, 0.3) is 5.91 Å². The first-order valence-electron chi connectivity index (χ1n) is 8.20. The van der Waals surface area contributed by atoms with Crippen molar-refractivity contribution in [3.63, 3.8) is 0 Å². The molecule has 6 nitrogen and oxygen atoms in total. The van der Waals surface area contributed by atoms with Gasteiger partial charge in [0.05, 0.1) is 27.2 Å². The molecule has 1 aliphatic heterocycles. The van der Waals surface area contributed by atoms with Gasteiger partial charge in [-0.3, -0.25) is 9.59 Å². The molecule has 0 fully saturated rings. The summed E-state index contributed by atoms with van der Waals surface area (Å²) in [6.45, 7) is 4.49. The lowest BCUT2D eigenvalue weighted by Crippen LogP contribution is -2.32. The zero-order valence-corrected chi connectivity index (χ0v) is 16.4. The van der Waals surface area contributed by atoms with Crippen LogP contribution in [0.5, 0.6) is 0 Å². The SMILES string of the molecule is COCCCN1C(=O)C(O)=C(C(=O)c2sc(C)nc2C)C1c1cccs1. The van der Waals surface area contributed by atoms with Crippen LogP contribution in [-0.2, 0) is 9.53 Å². The van der Waals surface area contributed by atoms with E-state index in [2.05, 4.69) is 4.98 Å². The summed E-state index contributed by atoms with van der Waals surface area (Å²) < 4.78 is 5.07. The second-order valence-electron chi connectivity index (χ2n) is 6.00. The highest BCUT2D eigenvalue weighted by atomic mass is 32.1. The molecule has 3 rings (SSSR count). The summed E-state index contributed by atoms with van der Waals surface area (Å²) >= 11 is 2.74. The standard InChI is InChI=1S/C18H20N2O4S2/c1-10-17(26-11(2)19-10)15(21)13-14(12-6-4-9-25-12)20(7-5-8-24-3)18(23)16(13)22/h4,6,9,14,22H,5,7-8H2,1-3H3. The van der Waals surface area contributed by atoms with Gasteiger partial charge in [-0.05, 0) is 31.7 Å². The third-order valence-electron chi connectivity index (χ3n) is 4.22. The lowest BCUT2D eigenvalue weighted by Gasteiger charge is -2.25. The summed E-state index contributed by atoms with van der Waals surface area (Å²) in [6.07, 6.45) is 0.623. The fourth-order valence-electron chi connectivity index (χ4n) is 3.10. The molecule has 0 spiro atoms. The van der Waals surface area contributed by atoms with Crippen LogP contribution in [0.1, 0.15) is 37.7 Å². The second kappa shape index (κ2) is 7.69. The third kappa shape index (κ3) is 3.32. The number of aryl methyl sites for hydroxylation is 2. The lowest BCUT2D eigenvalue weighted by molar-refractivity contribution is -0.129. The molecule has 0 aromatic carbocycles. The van der Waals surface area contributed by atoms with E-state index in [0.717, 1.165) is 9.88 Å². The zero-order chi connectivity index (χ0) is 18.8. The Morgan fingerprint density at radius 2 is 2.19 bits per heavy atom. The molecular weight excluding hydrogens is 372 g/mol. The van der Waals surface area contributed by atoms with Crippen LogP contribution in [-0.4, -0.2) is 46.9 Å². The Balaban J connectivity index is 2.02. The highest BCUT2D eigenvalue weighted by Gasteiger charge is 2.44. The van der Waals surface area contributed by atoms with Crippen LogP contribution < -0.4 is 0 Å². The smallest absolute Gasteiger partial charge is 0.290 e. The first kappa shape index (κ1) is 18.8. The summed E-state index contributed by atoms with van der Waals surface area (Å²) in [5, 5.41) is 13.2. The molecule has 1 atom stereocenters. The summed E-state index contributed by atoms with van der Waals surface area (Å²) in [6, 6.07) is 3.17. The van der Waals surface area contributed by atoms with E-state index < -0.39 is 17.7 Å². The van der Waals surface area contributed by atoms with Gasteiger partial charge in [-0.15, -0.1) is 22.7 Å². The maximum absolute atomic E-state index is 13.2. The van der Waals surface area contributed by atoms with Crippen molar-refractivity contribution in [2.75, 3.05) is 20.3 Å². The molecule has 1 N–H and O–H groups in total. The number of carbonyl (C=O) groups is 2. The minimum atomic E-state index is -0.575. The first-order chi connectivity index (χ1) is 12.5. The van der Waals surface area contributed by atoms with Crippen molar-refractivity contribution in [3.05, 3.63) is 49.3 Å². The summed E-state index contributed by atoms with van der Waals surface area (Å²) in [5.41, 5.74) is 0.759. The van der Waals surface area contributed by atoms with Gasteiger partial charge in [-0.25, -0.2) is 4.98 Å². The van der Waals surface area contributed by atoms with E-state index in [1.807, 2.05) is 24.4 Å². The van der Waals surface area contributed by atoms with Gasteiger partial charge in [-0.2, -0.15) is 0 Å². The maximum Gasteiger partial charge on any atom is 0.290 e. The van der Waals surface area contributed by atoms with Crippen molar-refractivity contribution < 1.29 is 19.4 Å². The quantitative estimate of drug-likeness (QED) is 0.577. The maximum atomic E-state index is 13.2. The number of thiophene rings is 1. The Bertz CT molecular complexity index is 855. The number of aliphatic hydroxyl groups excluding tert-OH is 1. The van der Waals surface area contributed by atoms with Crippen LogP contribution in [0, 0.1) is 13.8 Å². The molecule has 8 heteroatoms. The molecule has 2 aromatic heterocycles. The van der Waals surface area contributed by atoms with Crippen LogP contribution in [0.3, 0.4) is 0 Å². The van der Waals surface area contributed by atoms with Crippen molar-refractivity contribution in [2.45, 2.75) is 26.3 Å². The van der Waals surface area contributed by atoms with Crippen molar-refractivity contribution in [2.24, 2.45) is 0 Å². The predicted octanol–water partition coefficient (Wildman–Crippen LogP) is 3.44. The van der Waals surface area contributed by atoms with Crippen LogP contribution >= 0.6 is 22.7 Å². The number of hydrogen-bond acceptors (Lipinski definition) is 7. The third-order valence-corrected chi connectivity index (χ3v) is 6.21. The largest absolute Gasteiger partial charge is 0.503 e. The van der Waals surface area contributed by atoms with Crippen LogP contribution in [0.15, 0.2) is 28.8 Å². The Labute approximate surface area is 159 Å². The molecule has 0 aliphatic carbocycles. The Morgan fingerprint density at radius 1 is 1.42 bits per heavy atom. The van der Waals surface area contributed by atoms with Crippen LogP contribution in [0.2, 0.25) is 0 Å². The summed E-state index contributed by atoms with van der Waals surface area (Å²) in [7, 11) is 1.60. The van der Waals surface area contributed by atoms with Gasteiger partial charge in [0.2, 0.25) is 5.78 Å². The van der Waals surface area contributed by atoms with Gasteiger partial charge in [0.1, 0.15) is 0 Å². The van der Waals surface area contributed by atoms with Crippen LogP contribution in [0.25, 0.3) is 0 Å². The number of thiazole rings is 1. The fraction of sp³-hybridized carbons (Fsp3) is 0.389.